The van der Waals surface area contributed by atoms with Gasteiger partial charge >= 0.3 is 0 Å². The summed E-state index contributed by atoms with van der Waals surface area (Å²) in [4.78, 5) is 0. The minimum Gasteiger partial charge on any atom is -0.330 e. The van der Waals surface area contributed by atoms with Gasteiger partial charge in [0.1, 0.15) is 0 Å². The lowest BCUT2D eigenvalue weighted by Crippen LogP contribution is -2.82. The monoisotopic (exact) mass is 478 g/mol. The Labute approximate surface area is 201 Å². The smallest absolute Gasteiger partial charge is 0.0997 e. The lowest BCUT2D eigenvalue weighted by atomic mass is 9.71. The molecular weight excluding hydrogens is 420 g/mol. The Morgan fingerprint density at radius 1 is 0.576 bits per heavy atom. The van der Waals surface area contributed by atoms with Crippen LogP contribution in [0.15, 0.2) is 0 Å². The molecule has 0 aromatic carbocycles. The third kappa shape index (κ3) is 10.8. The van der Waals surface area contributed by atoms with E-state index in [0.717, 1.165) is 25.7 Å². The largest absolute Gasteiger partial charge is 0.330 e. The number of rotatable bonds is 8. The normalized spacial score (nSPS) is 21.8. The second-order valence-corrected chi connectivity index (χ2v) is 10.2. The van der Waals surface area contributed by atoms with E-state index in [1.165, 1.54) is 6.42 Å². The van der Waals surface area contributed by atoms with Crippen molar-refractivity contribution in [2.24, 2.45) is 80.6 Å². The van der Waals surface area contributed by atoms with E-state index >= 15 is 0 Å². The predicted octanol–water partition coefficient (Wildman–Crippen LogP) is -3.65. The number of hydrogen-bond donors (Lipinski definition) is 12. The van der Waals surface area contributed by atoms with Crippen molar-refractivity contribution in [3.63, 3.8) is 0 Å². The molecule has 4 unspecified atom stereocenters. The van der Waals surface area contributed by atoms with Gasteiger partial charge in [0.05, 0.1) is 11.3 Å². The van der Waals surface area contributed by atoms with Crippen LogP contribution in [0.5, 0.6) is 0 Å². The van der Waals surface area contributed by atoms with Gasteiger partial charge in [-0.05, 0) is 59.0 Å². The molecule has 0 radical (unpaired) electrons. The molecule has 0 saturated heterocycles. The quantitative estimate of drug-likeness (QED) is 0.150. The van der Waals surface area contributed by atoms with E-state index in [1.807, 2.05) is 27.7 Å². The minimum atomic E-state index is -1.22. The van der Waals surface area contributed by atoms with E-state index < -0.39 is 11.3 Å². The molecule has 24 N–H and O–H groups in total. The average Bonchev–Trinajstić information content (AvgIpc) is 3.50. The van der Waals surface area contributed by atoms with Crippen molar-refractivity contribution in [1.29, 1.82) is 0 Å². The van der Waals surface area contributed by atoms with Crippen LogP contribution >= 0.6 is 0 Å². The second kappa shape index (κ2) is 14.8. The van der Waals surface area contributed by atoms with Crippen LogP contribution < -0.4 is 68.8 Å². The van der Waals surface area contributed by atoms with Gasteiger partial charge in [-0.15, -0.1) is 0 Å². The lowest BCUT2D eigenvalue weighted by molar-refractivity contribution is 0.111. The van der Waals surface area contributed by atoms with Gasteiger partial charge in [0.2, 0.25) is 0 Å². The summed E-state index contributed by atoms with van der Waals surface area (Å²) < 4.78 is 0. The summed E-state index contributed by atoms with van der Waals surface area (Å²) in [6, 6.07) is 0.324. The topological polar surface area (TPSA) is 312 Å². The van der Waals surface area contributed by atoms with Crippen LogP contribution in [0.4, 0.5) is 0 Å². The molecule has 0 aliphatic heterocycles. The first kappa shape index (κ1) is 34.7. The summed E-state index contributed by atoms with van der Waals surface area (Å²) in [7, 11) is 0. The van der Waals surface area contributed by atoms with Gasteiger partial charge in [-0.1, -0.05) is 13.8 Å². The van der Waals surface area contributed by atoms with Crippen molar-refractivity contribution in [3.8, 4) is 0 Å². The molecule has 2 saturated carbocycles. The van der Waals surface area contributed by atoms with Crippen LogP contribution in [-0.2, 0) is 0 Å². The molecule has 0 bridgehead atoms. The Balaban J connectivity index is 0. The number of hydrogen-bond acceptors (Lipinski definition) is 12. The predicted molar refractivity (Wildman–Crippen MR) is 141 cm³/mol. The maximum absolute atomic E-state index is 6.02. The first-order valence-corrected chi connectivity index (χ1v) is 12.0. The molecule has 0 aromatic rings. The molecule has 202 valence electrons. The van der Waals surface area contributed by atoms with Crippen LogP contribution in [0, 0.1) is 11.8 Å². The molecule has 2 fully saturated rings. The van der Waals surface area contributed by atoms with Crippen molar-refractivity contribution >= 4 is 0 Å². The van der Waals surface area contributed by atoms with Crippen molar-refractivity contribution < 1.29 is 0 Å². The maximum atomic E-state index is 6.02. The van der Waals surface area contributed by atoms with E-state index in [9.17, 15) is 0 Å². The summed E-state index contributed by atoms with van der Waals surface area (Å²) in [5.41, 5.74) is 64.7. The Hall–Kier alpha value is -0.480. The van der Waals surface area contributed by atoms with Gasteiger partial charge in [-0.3, -0.25) is 0 Å². The van der Waals surface area contributed by atoms with Crippen molar-refractivity contribution in [3.05, 3.63) is 0 Å². The first-order chi connectivity index (χ1) is 14.9. The summed E-state index contributed by atoms with van der Waals surface area (Å²) in [5.74, 6) is -0.349. The standard InChI is InChI=1S/C8H24N6.C7H14N2.2C3H10N2/c1-5(3-9)7(11,12)8(13,14)6(2)4-10;8-6(2-1-3-6)7(9)4-5-7;2*1-3(5)2-4/h5-6H,3-4,9-14H2,1-2H3;1-5,8-9H2;2*3H,2,4-5H2,1H3. The molecule has 0 aromatic heterocycles. The maximum Gasteiger partial charge on any atom is 0.0997 e. The molecule has 2 aliphatic rings. The molecule has 0 heterocycles. The van der Waals surface area contributed by atoms with Gasteiger partial charge in [0.15, 0.2) is 0 Å². The SMILES string of the molecule is CC(CN)C(N)(N)C(N)(N)C(C)CN.CC(N)CN.CC(N)CN.NC1(C2(N)CC2)CCC1. The number of nitrogens with two attached hydrogens (primary N) is 12. The Kier molecular flexibility index (Phi) is 15.6. The van der Waals surface area contributed by atoms with E-state index in [-0.39, 0.29) is 35.0 Å². The molecule has 2 aliphatic carbocycles. The average molecular weight is 479 g/mol. The van der Waals surface area contributed by atoms with Gasteiger partial charge in [0.25, 0.3) is 0 Å². The Morgan fingerprint density at radius 3 is 0.909 bits per heavy atom. The molecule has 0 spiro atoms. The van der Waals surface area contributed by atoms with Crippen molar-refractivity contribution in [2.45, 2.75) is 94.3 Å². The fraction of sp³-hybridized carbons (Fsp3) is 1.00. The van der Waals surface area contributed by atoms with Gasteiger partial charge in [-0.2, -0.15) is 0 Å². The Morgan fingerprint density at radius 2 is 0.818 bits per heavy atom. The highest BCUT2D eigenvalue weighted by atomic mass is 15.2. The highest BCUT2D eigenvalue weighted by Gasteiger charge is 2.56. The van der Waals surface area contributed by atoms with Crippen molar-refractivity contribution in [1.82, 2.24) is 0 Å². The summed E-state index contributed by atoms with van der Waals surface area (Å²) in [5, 5.41) is 0. The highest BCUT2D eigenvalue weighted by Crippen LogP contribution is 2.50. The fourth-order valence-electron chi connectivity index (χ4n) is 2.93. The van der Waals surface area contributed by atoms with Crippen LogP contribution in [0.1, 0.15) is 59.8 Å². The zero-order valence-electron chi connectivity index (χ0n) is 21.6. The fourth-order valence-corrected chi connectivity index (χ4v) is 2.93. The Bertz CT molecular complexity index is 473. The minimum absolute atomic E-state index is 0.0486. The summed E-state index contributed by atoms with van der Waals surface area (Å²) in [6.45, 7) is 9.22. The van der Waals surface area contributed by atoms with Gasteiger partial charge in [-0.25, -0.2) is 0 Å². The van der Waals surface area contributed by atoms with E-state index in [2.05, 4.69) is 0 Å². The first-order valence-electron chi connectivity index (χ1n) is 12.0. The zero-order valence-corrected chi connectivity index (χ0v) is 21.6. The van der Waals surface area contributed by atoms with Gasteiger partial charge in [0, 0.05) is 48.1 Å². The third-order valence-electron chi connectivity index (χ3n) is 6.86. The van der Waals surface area contributed by atoms with Crippen LogP contribution in [0.3, 0.4) is 0 Å². The molecule has 2 rings (SSSR count). The molecule has 12 heteroatoms. The summed E-state index contributed by atoms with van der Waals surface area (Å²) >= 11 is 0. The molecule has 12 nitrogen and oxygen atoms in total. The lowest BCUT2D eigenvalue weighted by Gasteiger charge is -2.47. The second-order valence-electron chi connectivity index (χ2n) is 10.2. The summed E-state index contributed by atoms with van der Waals surface area (Å²) in [6.07, 6.45) is 5.91. The van der Waals surface area contributed by atoms with Gasteiger partial charge < -0.3 is 68.8 Å². The van der Waals surface area contributed by atoms with Crippen LogP contribution in [-0.4, -0.2) is 60.7 Å². The third-order valence-corrected chi connectivity index (χ3v) is 6.86. The van der Waals surface area contributed by atoms with Crippen molar-refractivity contribution in [2.75, 3.05) is 26.2 Å². The van der Waals surface area contributed by atoms with E-state index in [1.54, 1.807) is 0 Å². The molecule has 4 atom stereocenters. The van der Waals surface area contributed by atoms with Crippen LogP contribution in [0.2, 0.25) is 0 Å². The zero-order chi connectivity index (χ0) is 26.7. The molecule has 33 heavy (non-hydrogen) atoms. The molecular formula is C21H58N12. The van der Waals surface area contributed by atoms with Crippen LogP contribution in [0.25, 0.3) is 0 Å². The molecule has 0 amide bonds. The van der Waals surface area contributed by atoms with E-state index in [0.29, 0.717) is 26.2 Å². The highest BCUT2D eigenvalue weighted by molar-refractivity contribution is 5.19. The van der Waals surface area contributed by atoms with E-state index in [4.69, 9.17) is 68.8 Å².